The first-order valence-electron chi connectivity index (χ1n) is 8.83. The Hall–Kier alpha value is -2.13. The number of carbonyl (C=O) groups is 1. The van der Waals surface area contributed by atoms with Crippen LogP contribution < -0.4 is 4.90 Å². The first kappa shape index (κ1) is 19.2. The Balaban J connectivity index is 1.70. The molecule has 7 heteroatoms. The van der Waals surface area contributed by atoms with Gasteiger partial charge in [-0.05, 0) is 36.2 Å². The molecule has 0 N–H and O–H groups in total. The van der Waals surface area contributed by atoms with E-state index in [0.29, 0.717) is 28.2 Å². The lowest BCUT2D eigenvalue weighted by molar-refractivity contribution is -0.129. The van der Waals surface area contributed by atoms with E-state index in [1.165, 1.54) is 11.8 Å². The van der Waals surface area contributed by atoms with Crippen LogP contribution in [0.4, 0.5) is 5.69 Å². The van der Waals surface area contributed by atoms with Gasteiger partial charge in [0.2, 0.25) is 5.91 Å². The summed E-state index contributed by atoms with van der Waals surface area (Å²) in [6, 6.07) is 15.5. The van der Waals surface area contributed by atoms with Gasteiger partial charge in [0.1, 0.15) is 0 Å². The van der Waals surface area contributed by atoms with Crippen LogP contribution >= 0.6 is 35.0 Å². The molecule has 1 fully saturated rings. The van der Waals surface area contributed by atoms with Gasteiger partial charge in [0, 0.05) is 28.1 Å². The summed E-state index contributed by atoms with van der Waals surface area (Å²) in [6.45, 7) is 2.38. The molecule has 2 aromatic carbocycles. The minimum absolute atomic E-state index is 0.00389. The molecule has 0 saturated carbocycles. The van der Waals surface area contributed by atoms with Crippen molar-refractivity contribution < 1.29 is 4.79 Å². The predicted octanol–water partition coefficient (Wildman–Crippen LogP) is 5.52. The van der Waals surface area contributed by atoms with Crippen LogP contribution in [-0.4, -0.2) is 23.4 Å². The third kappa shape index (κ3) is 3.26. The van der Waals surface area contributed by atoms with Crippen molar-refractivity contribution in [3.05, 3.63) is 74.2 Å². The van der Waals surface area contributed by atoms with Crippen molar-refractivity contribution in [1.82, 2.24) is 4.90 Å². The molecule has 2 aromatic rings. The molecule has 4 nitrogen and oxygen atoms in total. The number of allylic oxidation sites excluding steroid dienone is 1. The predicted molar refractivity (Wildman–Crippen MR) is 114 cm³/mol. The molecule has 0 bridgehead atoms. The number of amides is 1. The summed E-state index contributed by atoms with van der Waals surface area (Å²) in [4.78, 5) is 16.8. The van der Waals surface area contributed by atoms with Crippen LogP contribution in [0.2, 0.25) is 10.0 Å². The smallest absolute Gasteiger partial charge is 0.229 e. The highest BCUT2D eigenvalue weighted by Crippen LogP contribution is 2.45. The van der Waals surface area contributed by atoms with Gasteiger partial charge >= 0.3 is 0 Å². The number of hydrogen-bond acceptors (Lipinski definition) is 4. The van der Waals surface area contributed by atoms with Crippen LogP contribution in [0, 0.1) is 18.3 Å². The van der Waals surface area contributed by atoms with Gasteiger partial charge in [-0.1, -0.05) is 59.2 Å². The van der Waals surface area contributed by atoms with Crippen LogP contribution in [0.1, 0.15) is 23.5 Å². The number of carbonyl (C=O) groups excluding carboxylic acids is 1. The van der Waals surface area contributed by atoms with E-state index in [2.05, 4.69) is 11.0 Å². The highest BCUT2D eigenvalue weighted by atomic mass is 35.5. The third-order valence-corrected chi connectivity index (χ3v) is 7.06. The number of nitrogens with zero attached hydrogens (tertiary/aromatic N) is 3. The third-order valence-electron chi connectivity index (χ3n) is 5.15. The molecule has 0 spiro atoms. The maximum absolute atomic E-state index is 13.0. The second-order valence-electron chi connectivity index (χ2n) is 6.77. The Morgan fingerprint density at radius 1 is 1.14 bits per heavy atom. The van der Waals surface area contributed by atoms with Crippen molar-refractivity contribution in [2.24, 2.45) is 0 Å². The molecule has 0 radical (unpaired) electrons. The lowest BCUT2D eigenvalue weighted by Gasteiger charge is -2.42. The van der Waals surface area contributed by atoms with E-state index in [-0.39, 0.29) is 18.2 Å². The lowest BCUT2D eigenvalue weighted by Crippen LogP contribution is -2.47. The fourth-order valence-corrected chi connectivity index (χ4v) is 5.27. The van der Waals surface area contributed by atoms with Crippen molar-refractivity contribution in [3.63, 3.8) is 0 Å². The van der Waals surface area contributed by atoms with Crippen LogP contribution in [-0.2, 0) is 4.79 Å². The van der Waals surface area contributed by atoms with Crippen LogP contribution in [0.25, 0.3) is 0 Å². The molecular formula is C21H17Cl2N3OS. The Morgan fingerprint density at radius 3 is 2.64 bits per heavy atom. The minimum atomic E-state index is -0.301. The van der Waals surface area contributed by atoms with Gasteiger partial charge in [0.05, 0.1) is 29.2 Å². The minimum Gasteiger partial charge on any atom is -0.343 e. The molecule has 1 atom stereocenters. The summed E-state index contributed by atoms with van der Waals surface area (Å²) in [5.74, 6) is 0.334. The number of hydrogen-bond donors (Lipinski definition) is 0. The van der Waals surface area contributed by atoms with Crippen molar-refractivity contribution in [2.45, 2.75) is 19.3 Å². The summed E-state index contributed by atoms with van der Waals surface area (Å²) in [5.41, 5.74) is 3.42. The highest BCUT2D eigenvalue weighted by molar-refractivity contribution is 8.03. The molecule has 0 unspecified atom stereocenters. The molecule has 2 heterocycles. The molecule has 1 amide bonds. The summed E-state index contributed by atoms with van der Waals surface area (Å²) in [6.07, 6.45) is 0.235. The SMILES string of the molecule is Cc1c(Cl)cccc1N1CSC2=C(C#N)[C@@H](c3ccccc3Cl)CC(=O)N2C1. The molecule has 0 aromatic heterocycles. The van der Waals surface area contributed by atoms with E-state index >= 15 is 0 Å². The van der Waals surface area contributed by atoms with Gasteiger partial charge in [0.15, 0.2) is 0 Å². The number of nitriles is 1. The zero-order valence-electron chi connectivity index (χ0n) is 15.2. The number of halogens is 2. The second-order valence-corrected chi connectivity index (χ2v) is 8.52. The maximum atomic E-state index is 13.0. The molecular weight excluding hydrogens is 413 g/mol. The fourth-order valence-electron chi connectivity index (χ4n) is 3.68. The van der Waals surface area contributed by atoms with E-state index in [9.17, 15) is 10.1 Å². The molecule has 28 heavy (non-hydrogen) atoms. The second kappa shape index (κ2) is 7.71. The topological polar surface area (TPSA) is 47.3 Å². The maximum Gasteiger partial charge on any atom is 0.229 e. The fraction of sp³-hybridized carbons (Fsp3) is 0.238. The van der Waals surface area contributed by atoms with E-state index in [1.807, 2.05) is 43.3 Å². The number of benzene rings is 2. The Bertz CT molecular complexity index is 1030. The Labute approximate surface area is 178 Å². The summed E-state index contributed by atoms with van der Waals surface area (Å²) >= 11 is 14.1. The highest BCUT2D eigenvalue weighted by Gasteiger charge is 2.39. The normalized spacial score (nSPS) is 19.5. The molecule has 4 rings (SSSR count). The zero-order valence-corrected chi connectivity index (χ0v) is 17.5. The van der Waals surface area contributed by atoms with E-state index in [1.54, 1.807) is 11.0 Å². The first-order chi connectivity index (χ1) is 13.5. The van der Waals surface area contributed by atoms with E-state index < -0.39 is 0 Å². The van der Waals surface area contributed by atoms with Gasteiger partial charge in [0.25, 0.3) is 0 Å². The average Bonchev–Trinajstić information content (AvgIpc) is 2.70. The first-order valence-corrected chi connectivity index (χ1v) is 10.6. The molecule has 142 valence electrons. The van der Waals surface area contributed by atoms with E-state index in [4.69, 9.17) is 23.2 Å². The van der Waals surface area contributed by atoms with Crippen LogP contribution in [0.5, 0.6) is 0 Å². The number of rotatable bonds is 2. The number of anilines is 1. The van der Waals surface area contributed by atoms with Gasteiger partial charge in [-0.2, -0.15) is 5.26 Å². The average molecular weight is 430 g/mol. The van der Waals surface area contributed by atoms with Gasteiger partial charge in [-0.15, -0.1) is 0 Å². The lowest BCUT2D eigenvalue weighted by atomic mass is 9.86. The summed E-state index contributed by atoms with van der Waals surface area (Å²) in [7, 11) is 0. The number of thioether (sulfide) groups is 1. The van der Waals surface area contributed by atoms with E-state index in [0.717, 1.165) is 21.8 Å². The Kier molecular flexibility index (Phi) is 5.29. The van der Waals surface area contributed by atoms with Gasteiger partial charge < -0.3 is 4.90 Å². The van der Waals surface area contributed by atoms with Crippen LogP contribution in [0.3, 0.4) is 0 Å². The van der Waals surface area contributed by atoms with Crippen molar-refractivity contribution >= 4 is 46.6 Å². The molecule has 0 aliphatic carbocycles. The summed E-state index contributed by atoms with van der Waals surface area (Å²) < 4.78 is 0. The van der Waals surface area contributed by atoms with Gasteiger partial charge in [-0.3, -0.25) is 9.69 Å². The quantitative estimate of drug-likeness (QED) is 0.630. The van der Waals surface area contributed by atoms with Gasteiger partial charge in [-0.25, -0.2) is 0 Å². The number of fused-ring (bicyclic) bond motifs is 1. The van der Waals surface area contributed by atoms with Crippen molar-refractivity contribution in [2.75, 3.05) is 17.4 Å². The standard InChI is InChI=1S/C21H17Cl2N3OS/c1-13-17(22)7-4-8-19(13)25-11-26-20(27)9-15(14-5-2-3-6-18(14)23)16(10-24)21(26)28-12-25/h2-8,15H,9,11-12H2,1H3/t15-/m1/s1. The Morgan fingerprint density at radius 2 is 1.89 bits per heavy atom. The summed E-state index contributed by atoms with van der Waals surface area (Å²) in [5, 5.41) is 11.9. The van der Waals surface area contributed by atoms with Crippen LogP contribution in [0.15, 0.2) is 53.1 Å². The van der Waals surface area contributed by atoms with Crippen molar-refractivity contribution in [3.8, 4) is 6.07 Å². The zero-order chi connectivity index (χ0) is 19.8. The molecule has 2 aliphatic heterocycles. The largest absolute Gasteiger partial charge is 0.343 e. The monoisotopic (exact) mass is 429 g/mol. The van der Waals surface area contributed by atoms with Crippen molar-refractivity contribution in [1.29, 1.82) is 5.26 Å². The molecule has 1 saturated heterocycles. The molecule has 2 aliphatic rings.